The van der Waals surface area contributed by atoms with Crippen LogP contribution in [0, 0.1) is 0 Å². The summed E-state index contributed by atoms with van der Waals surface area (Å²) in [5.74, 6) is -0.302. The molecule has 10 heteroatoms. The number of hydrogen-bond acceptors (Lipinski definition) is 7. The number of nitrogens with zero attached hydrogens (tertiary/aromatic N) is 6. The summed E-state index contributed by atoms with van der Waals surface area (Å²) in [7, 11) is 0. The van der Waals surface area contributed by atoms with Crippen molar-refractivity contribution in [2.24, 2.45) is 0 Å². The molecule has 0 spiro atoms. The molecule has 0 aromatic carbocycles. The second-order valence-corrected chi connectivity index (χ2v) is 5.17. The maximum absolute atomic E-state index is 12.5. The molecule has 1 saturated heterocycles. The van der Waals surface area contributed by atoms with Crippen molar-refractivity contribution in [2.45, 2.75) is 6.18 Å². The van der Waals surface area contributed by atoms with Gasteiger partial charge >= 0.3 is 6.18 Å². The summed E-state index contributed by atoms with van der Waals surface area (Å²) in [6.45, 7) is 2.45. The Bertz CT molecular complexity index is 594. The number of halogens is 3. The maximum atomic E-state index is 12.5. The maximum Gasteiger partial charge on any atom is 0.452 e. The lowest BCUT2D eigenvalue weighted by Gasteiger charge is -2.34. The van der Waals surface area contributed by atoms with E-state index in [9.17, 15) is 13.2 Å². The molecule has 0 amide bonds. The normalized spacial score (nSPS) is 16.3. The molecule has 0 aliphatic carbocycles. The molecular formula is C11H11F3N6S. The Balaban J connectivity index is 1.65. The molecule has 0 unspecified atom stereocenters. The molecule has 3 rings (SSSR count). The third kappa shape index (κ3) is 3.04. The lowest BCUT2D eigenvalue weighted by Crippen LogP contribution is -2.46. The molecule has 6 nitrogen and oxygen atoms in total. The first-order chi connectivity index (χ1) is 10.0. The van der Waals surface area contributed by atoms with Gasteiger partial charge in [-0.1, -0.05) is 0 Å². The average Bonchev–Trinajstić information content (AvgIpc) is 2.98. The number of anilines is 2. The van der Waals surface area contributed by atoms with Crippen LogP contribution in [0.1, 0.15) is 5.82 Å². The summed E-state index contributed by atoms with van der Waals surface area (Å²) in [5.41, 5.74) is 0. The fourth-order valence-electron chi connectivity index (χ4n) is 2.04. The van der Waals surface area contributed by atoms with Crippen LogP contribution in [-0.4, -0.2) is 45.5 Å². The summed E-state index contributed by atoms with van der Waals surface area (Å²) >= 11 is 0.778. The average molecular weight is 316 g/mol. The topological polar surface area (TPSA) is 58.0 Å². The molecule has 1 fully saturated rings. The van der Waals surface area contributed by atoms with E-state index in [2.05, 4.69) is 19.3 Å². The molecule has 0 saturated carbocycles. The molecule has 1 aliphatic rings. The van der Waals surface area contributed by atoms with Crippen molar-refractivity contribution in [2.75, 3.05) is 36.0 Å². The zero-order chi connectivity index (χ0) is 14.9. The molecule has 2 aromatic heterocycles. The number of alkyl halides is 3. The molecule has 0 radical (unpaired) electrons. The number of rotatable bonds is 2. The van der Waals surface area contributed by atoms with Crippen LogP contribution in [0.2, 0.25) is 0 Å². The summed E-state index contributed by atoms with van der Waals surface area (Å²) in [5, 5.41) is 0.307. The van der Waals surface area contributed by atoms with E-state index < -0.39 is 12.0 Å². The SMILES string of the molecule is FC(F)(F)c1nsc(N2CCN(c3cnccn3)CC2)n1. The van der Waals surface area contributed by atoms with Crippen LogP contribution in [0.5, 0.6) is 0 Å². The fourth-order valence-corrected chi connectivity index (χ4v) is 2.78. The molecule has 21 heavy (non-hydrogen) atoms. The van der Waals surface area contributed by atoms with Crippen LogP contribution >= 0.6 is 11.5 Å². The lowest BCUT2D eigenvalue weighted by molar-refractivity contribution is -0.144. The Morgan fingerprint density at radius 3 is 2.33 bits per heavy atom. The Hall–Kier alpha value is -1.97. The fraction of sp³-hybridized carbons (Fsp3) is 0.455. The lowest BCUT2D eigenvalue weighted by atomic mass is 10.3. The van der Waals surface area contributed by atoms with Crippen molar-refractivity contribution >= 4 is 22.5 Å². The van der Waals surface area contributed by atoms with Gasteiger partial charge in [0, 0.05) is 50.1 Å². The summed E-state index contributed by atoms with van der Waals surface area (Å²) in [6, 6.07) is 0. The second-order valence-electron chi connectivity index (χ2n) is 4.44. The number of piperazine rings is 1. The molecule has 0 N–H and O–H groups in total. The highest BCUT2D eigenvalue weighted by molar-refractivity contribution is 7.09. The van der Waals surface area contributed by atoms with E-state index in [0.29, 0.717) is 31.3 Å². The zero-order valence-corrected chi connectivity index (χ0v) is 11.6. The van der Waals surface area contributed by atoms with Gasteiger partial charge in [0.05, 0.1) is 6.20 Å². The first-order valence-electron chi connectivity index (χ1n) is 6.21. The van der Waals surface area contributed by atoms with Gasteiger partial charge in [0.2, 0.25) is 11.0 Å². The van der Waals surface area contributed by atoms with Gasteiger partial charge in [-0.3, -0.25) is 4.98 Å². The van der Waals surface area contributed by atoms with Gasteiger partial charge in [0.25, 0.3) is 0 Å². The molecule has 112 valence electrons. The largest absolute Gasteiger partial charge is 0.452 e. The van der Waals surface area contributed by atoms with Gasteiger partial charge in [-0.25, -0.2) is 4.98 Å². The second kappa shape index (κ2) is 5.43. The first kappa shape index (κ1) is 14.0. The van der Waals surface area contributed by atoms with E-state index in [1.165, 1.54) is 0 Å². The van der Waals surface area contributed by atoms with Gasteiger partial charge in [-0.2, -0.15) is 22.5 Å². The van der Waals surface area contributed by atoms with Crippen molar-refractivity contribution in [3.05, 3.63) is 24.4 Å². The van der Waals surface area contributed by atoms with Crippen LogP contribution in [0.15, 0.2) is 18.6 Å². The minimum atomic E-state index is -4.49. The first-order valence-corrected chi connectivity index (χ1v) is 6.98. The van der Waals surface area contributed by atoms with E-state index in [1.807, 2.05) is 4.90 Å². The van der Waals surface area contributed by atoms with Crippen LogP contribution in [0.25, 0.3) is 0 Å². The van der Waals surface area contributed by atoms with Gasteiger partial charge < -0.3 is 9.80 Å². The highest BCUT2D eigenvalue weighted by atomic mass is 32.1. The molecule has 2 aromatic rings. The quantitative estimate of drug-likeness (QED) is 0.840. The van der Waals surface area contributed by atoms with E-state index in [4.69, 9.17) is 0 Å². The third-order valence-corrected chi connectivity index (χ3v) is 3.87. The van der Waals surface area contributed by atoms with Gasteiger partial charge in [-0.05, 0) is 0 Å². The predicted molar refractivity (Wildman–Crippen MR) is 71.4 cm³/mol. The van der Waals surface area contributed by atoms with Gasteiger partial charge in [0.1, 0.15) is 5.82 Å². The zero-order valence-electron chi connectivity index (χ0n) is 10.8. The minimum absolute atomic E-state index is 0.307. The number of hydrogen-bond donors (Lipinski definition) is 0. The van der Waals surface area contributed by atoms with Crippen LogP contribution in [-0.2, 0) is 6.18 Å². The molecular weight excluding hydrogens is 305 g/mol. The van der Waals surface area contributed by atoms with Crippen molar-refractivity contribution in [1.29, 1.82) is 0 Å². The summed E-state index contributed by atoms with van der Waals surface area (Å²) in [6.07, 6.45) is 0.389. The smallest absolute Gasteiger partial charge is 0.352 e. The summed E-state index contributed by atoms with van der Waals surface area (Å²) in [4.78, 5) is 15.6. The van der Waals surface area contributed by atoms with Crippen LogP contribution in [0.4, 0.5) is 24.1 Å². The predicted octanol–water partition coefficient (Wildman–Crippen LogP) is 1.67. The van der Waals surface area contributed by atoms with Crippen molar-refractivity contribution in [3.8, 4) is 0 Å². The number of aromatic nitrogens is 4. The van der Waals surface area contributed by atoms with E-state index in [-0.39, 0.29) is 0 Å². The van der Waals surface area contributed by atoms with Gasteiger partial charge in [0.15, 0.2) is 0 Å². The van der Waals surface area contributed by atoms with E-state index in [1.54, 1.807) is 23.5 Å². The van der Waals surface area contributed by atoms with Crippen LogP contribution < -0.4 is 9.80 Å². The highest BCUT2D eigenvalue weighted by Gasteiger charge is 2.36. The third-order valence-electron chi connectivity index (χ3n) is 3.09. The Labute approximate surface area is 122 Å². The Morgan fingerprint density at radius 2 is 1.76 bits per heavy atom. The van der Waals surface area contributed by atoms with Crippen molar-refractivity contribution in [3.63, 3.8) is 0 Å². The monoisotopic (exact) mass is 316 g/mol. The van der Waals surface area contributed by atoms with Crippen molar-refractivity contribution in [1.82, 2.24) is 19.3 Å². The Morgan fingerprint density at radius 1 is 1.05 bits per heavy atom. The minimum Gasteiger partial charge on any atom is -0.352 e. The standard InChI is InChI=1S/C11H11F3N6S/c12-11(13,14)9-17-10(21-18-9)20-5-3-19(4-6-20)8-7-15-1-2-16-8/h1-2,7H,3-6H2. The van der Waals surface area contributed by atoms with Crippen molar-refractivity contribution < 1.29 is 13.2 Å². The molecule has 0 atom stereocenters. The summed E-state index contributed by atoms with van der Waals surface area (Å²) < 4.78 is 40.8. The molecule has 0 bridgehead atoms. The van der Waals surface area contributed by atoms with Gasteiger partial charge in [-0.15, -0.1) is 0 Å². The van der Waals surface area contributed by atoms with E-state index in [0.717, 1.165) is 17.4 Å². The highest BCUT2D eigenvalue weighted by Crippen LogP contribution is 2.30. The molecule has 1 aliphatic heterocycles. The molecule has 3 heterocycles. The van der Waals surface area contributed by atoms with E-state index >= 15 is 0 Å². The Kier molecular flexibility index (Phi) is 3.62. The van der Waals surface area contributed by atoms with Crippen LogP contribution in [0.3, 0.4) is 0 Å².